The van der Waals surface area contributed by atoms with Crippen molar-refractivity contribution < 1.29 is 9.53 Å². The molecule has 6 heteroatoms. The van der Waals surface area contributed by atoms with Crippen LogP contribution in [0.25, 0.3) is 0 Å². The number of thiocarbonyl (C=S) groups is 1. The van der Waals surface area contributed by atoms with Gasteiger partial charge in [-0.2, -0.15) is 0 Å². The van der Waals surface area contributed by atoms with Gasteiger partial charge in [0.2, 0.25) is 6.41 Å². The second-order valence-electron chi connectivity index (χ2n) is 2.58. The SMILES string of the molecule is COC(=S)Nc1ccc(NNC=O)cc1. The fourth-order valence-corrected chi connectivity index (χ4v) is 1.04. The number of hydrogen-bond donors (Lipinski definition) is 3. The van der Waals surface area contributed by atoms with Crippen LogP contribution in [0.1, 0.15) is 0 Å². The number of amides is 1. The number of rotatable bonds is 4. The standard InChI is InChI=1S/C9H11N3O2S/c1-14-9(15)11-7-2-4-8(5-3-7)12-10-6-13/h2-6,12H,1H3,(H,10,13)(H,11,15). The molecule has 0 bridgehead atoms. The molecular formula is C9H11N3O2S. The Kier molecular flexibility index (Phi) is 4.36. The van der Waals surface area contributed by atoms with Crippen molar-refractivity contribution in [3.05, 3.63) is 24.3 Å². The monoisotopic (exact) mass is 225 g/mol. The minimum atomic E-state index is 0.307. The van der Waals surface area contributed by atoms with Gasteiger partial charge in [-0.3, -0.25) is 15.6 Å². The van der Waals surface area contributed by atoms with Crippen LogP contribution in [-0.2, 0) is 9.53 Å². The van der Waals surface area contributed by atoms with E-state index in [2.05, 4.69) is 16.2 Å². The third-order valence-electron chi connectivity index (χ3n) is 1.59. The highest BCUT2D eigenvalue weighted by Crippen LogP contribution is 2.12. The molecule has 0 aromatic heterocycles. The largest absolute Gasteiger partial charge is 0.474 e. The molecule has 5 nitrogen and oxygen atoms in total. The maximum atomic E-state index is 10.0. The topological polar surface area (TPSA) is 62.4 Å². The molecule has 1 aromatic rings. The zero-order chi connectivity index (χ0) is 11.1. The number of carbonyl (C=O) groups excluding carboxylic acids is 1. The van der Waals surface area contributed by atoms with Gasteiger partial charge in [0.1, 0.15) is 0 Å². The number of ether oxygens (including phenoxy) is 1. The second-order valence-corrected chi connectivity index (χ2v) is 2.95. The van der Waals surface area contributed by atoms with Crippen LogP contribution in [0.2, 0.25) is 0 Å². The maximum Gasteiger partial charge on any atom is 0.260 e. The lowest BCUT2D eigenvalue weighted by Gasteiger charge is -2.07. The van der Waals surface area contributed by atoms with Gasteiger partial charge in [-0.15, -0.1) is 0 Å². The van der Waals surface area contributed by atoms with Crippen LogP contribution in [0, 0.1) is 0 Å². The minimum Gasteiger partial charge on any atom is -0.474 e. The summed E-state index contributed by atoms with van der Waals surface area (Å²) in [7, 11) is 1.50. The molecule has 15 heavy (non-hydrogen) atoms. The molecule has 0 heterocycles. The lowest BCUT2D eigenvalue weighted by Crippen LogP contribution is -2.18. The lowest BCUT2D eigenvalue weighted by molar-refractivity contribution is -0.109. The van der Waals surface area contributed by atoms with Gasteiger partial charge in [-0.1, -0.05) is 0 Å². The second kappa shape index (κ2) is 5.82. The van der Waals surface area contributed by atoms with E-state index in [1.807, 2.05) is 0 Å². The molecule has 0 saturated carbocycles. The van der Waals surface area contributed by atoms with E-state index in [9.17, 15) is 4.79 Å². The summed E-state index contributed by atoms with van der Waals surface area (Å²) in [5, 5.41) is 3.17. The van der Waals surface area contributed by atoms with Crippen molar-refractivity contribution in [1.29, 1.82) is 0 Å². The first kappa shape index (κ1) is 11.3. The first-order valence-corrected chi connectivity index (χ1v) is 4.57. The molecule has 1 rings (SSSR count). The van der Waals surface area contributed by atoms with Gasteiger partial charge in [0.05, 0.1) is 12.8 Å². The molecule has 0 spiro atoms. The molecule has 3 N–H and O–H groups in total. The Morgan fingerprint density at radius 1 is 1.33 bits per heavy atom. The molecule has 0 radical (unpaired) electrons. The van der Waals surface area contributed by atoms with E-state index in [0.29, 0.717) is 11.6 Å². The highest BCUT2D eigenvalue weighted by Gasteiger charge is 1.96. The van der Waals surface area contributed by atoms with Gasteiger partial charge in [-0.25, -0.2) is 0 Å². The summed E-state index contributed by atoms with van der Waals surface area (Å²) in [6, 6.07) is 7.19. The van der Waals surface area contributed by atoms with E-state index >= 15 is 0 Å². The van der Waals surface area contributed by atoms with Crippen LogP contribution in [-0.4, -0.2) is 18.7 Å². The number of carbonyl (C=O) groups is 1. The quantitative estimate of drug-likeness (QED) is 0.407. The molecule has 0 atom stereocenters. The van der Waals surface area contributed by atoms with Gasteiger partial charge in [0.15, 0.2) is 0 Å². The average molecular weight is 225 g/mol. The van der Waals surface area contributed by atoms with Gasteiger partial charge in [0.25, 0.3) is 5.17 Å². The van der Waals surface area contributed by atoms with Crippen molar-refractivity contribution in [3.8, 4) is 0 Å². The van der Waals surface area contributed by atoms with E-state index in [0.717, 1.165) is 11.4 Å². The van der Waals surface area contributed by atoms with Crippen LogP contribution in [0.5, 0.6) is 0 Å². The van der Waals surface area contributed by atoms with Crippen molar-refractivity contribution in [2.24, 2.45) is 0 Å². The summed E-state index contributed by atoms with van der Waals surface area (Å²) in [5.41, 5.74) is 6.61. The third-order valence-corrected chi connectivity index (χ3v) is 1.86. The summed E-state index contributed by atoms with van der Waals surface area (Å²) in [5.74, 6) is 0. The number of nitrogens with one attached hydrogen (secondary N) is 3. The molecule has 0 aliphatic carbocycles. The van der Waals surface area contributed by atoms with Crippen LogP contribution in [0.4, 0.5) is 11.4 Å². The third kappa shape index (κ3) is 3.82. The van der Waals surface area contributed by atoms with E-state index in [1.165, 1.54) is 7.11 Å². The Morgan fingerprint density at radius 3 is 2.47 bits per heavy atom. The van der Waals surface area contributed by atoms with Gasteiger partial charge in [-0.05, 0) is 36.5 Å². The first-order valence-electron chi connectivity index (χ1n) is 4.16. The summed E-state index contributed by atoms with van der Waals surface area (Å²) in [6.45, 7) is 0. The average Bonchev–Trinajstić information content (AvgIpc) is 2.28. The van der Waals surface area contributed by atoms with Crippen molar-refractivity contribution in [2.45, 2.75) is 0 Å². The number of anilines is 2. The summed E-state index contributed by atoms with van der Waals surface area (Å²) in [4.78, 5) is 10.0. The van der Waals surface area contributed by atoms with Crippen LogP contribution in [0.3, 0.4) is 0 Å². The number of benzene rings is 1. The highest BCUT2D eigenvalue weighted by atomic mass is 32.1. The minimum absolute atomic E-state index is 0.307. The lowest BCUT2D eigenvalue weighted by atomic mass is 10.3. The van der Waals surface area contributed by atoms with Crippen molar-refractivity contribution in [2.75, 3.05) is 17.9 Å². The molecule has 0 aliphatic rings. The Labute approximate surface area is 92.8 Å². The first-order chi connectivity index (χ1) is 7.26. The maximum absolute atomic E-state index is 10.0. The molecule has 0 aliphatic heterocycles. The molecule has 80 valence electrons. The van der Waals surface area contributed by atoms with E-state index in [-0.39, 0.29) is 0 Å². The zero-order valence-electron chi connectivity index (χ0n) is 8.11. The van der Waals surface area contributed by atoms with Crippen molar-refractivity contribution in [1.82, 2.24) is 5.43 Å². The summed E-state index contributed by atoms with van der Waals surface area (Å²) >= 11 is 4.83. The smallest absolute Gasteiger partial charge is 0.260 e. The van der Waals surface area contributed by atoms with Crippen LogP contribution < -0.4 is 16.2 Å². The van der Waals surface area contributed by atoms with Crippen LogP contribution in [0.15, 0.2) is 24.3 Å². The molecule has 0 saturated heterocycles. The molecule has 0 unspecified atom stereocenters. The van der Waals surface area contributed by atoms with Crippen molar-refractivity contribution >= 4 is 35.2 Å². The molecule has 1 amide bonds. The van der Waals surface area contributed by atoms with Crippen LogP contribution >= 0.6 is 12.2 Å². The normalized spacial score (nSPS) is 8.87. The van der Waals surface area contributed by atoms with Crippen molar-refractivity contribution in [3.63, 3.8) is 0 Å². The number of hydrazine groups is 1. The highest BCUT2D eigenvalue weighted by molar-refractivity contribution is 7.80. The Balaban J connectivity index is 2.55. The summed E-state index contributed by atoms with van der Waals surface area (Å²) < 4.78 is 4.80. The fraction of sp³-hybridized carbons (Fsp3) is 0.111. The Hall–Kier alpha value is -1.82. The number of hydrogen-bond acceptors (Lipinski definition) is 4. The molecular weight excluding hydrogens is 214 g/mol. The fourth-order valence-electron chi connectivity index (χ4n) is 0.919. The van der Waals surface area contributed by atoms with E-state index in [4.69, 9.17) is 17.0 Å². The predicted octanol–water partition coefficient (Wildman–Crippen LogP) is 1.10. The van der Waals surface area contributed by atoms with E-state index < -0.39 is 0 Å². The van der Waals surface area contributed by atoms with Gasteiger partial charge in [0, 0.05) is 5.69 Å². The zero-order valence-corrected chi connectivity index (χ0v) is 8.93. The predicted molar refractivity (Wildman–Crippen MR) is 62.5 cm³/mol. The van der Waals surface area contributed by atoms with Gasteiger partial charge >= 0.3 is 0 Å². The molecule has 0 fully saturated rings. The van der Waals surface area contributed by atoms with Gasteiger partial charge < -0.3 is 10.1 Å². The summed E-state index contributed by atoms with van der Waals surface area (Å²) in [6.07, 6.45) is 0.562. The Morgan fingerprint density at radius 2 is 1.93 bits per heavy atom. The van der Waals surface area contributed by atoms with E-state index in [1.54, 1.807) is 24.3 Å². The Bertz CT molecular complexity index is 340. The number of methoxy groups -OCH3 is 1. The molecule has 1 aromatic carbocycles.